The van der Waals surface area contributed by atoms with E-state index in [4.69, 9.17) is 0 Å². The average molecular weight is 421 g/mol. The van der Waals surface area contributed by atoms with E-state index in [1.807, 2.05) is 0 Å². The maximum absolute atomic E-state index is 13.8. The lowest BCUT2D eigenvalue weighted by atomic mass is 10.2. The molecule has 0 atom stereocenters. The summed E-state index contributed by atoms with van der Waals surface area (Å²) < 4.78 is 15.3. The first-order valence-corrected chi connectivity index (χ1v) is 8.03. The largest absolute Gasteiger partial charge is 0.322 e. The molecule has 10 heteroatoms. The number of hydrogen-bond donors (Lipinski definition) is 1. The minimum atomic E-state index is -0.621. The van der Waals surface area contributed by atoms with Gasteiger partial charge in [-0.05, 0) is 24.3 Å². The van der Waals surface area contributed by atoms with Gasteiger partial charge in [0, 0.05) is 16.6 Å². The van der Waals surface area contributed by atoms with Crippen molar-refractivity contribution in [3.05, 3.63) is 73.5 Å². The van der Waals surface area contributed by atoms with Crippen LogP contribution in [0.15, 0.2) is 52.0 Å². The molecule has 0 aliphatic carbocycles. The van der Waals surface area contributed by atoms with Gasteiger partial charge in [-0.3, -0.25) is 24.3 Å². The number of hydrogen-bond acceptors (Lipinski definition) is 5. The molecule has 0 saturated carbocycles. The van der Waals surface area contributed by atoms with Crippen molar-refractivity contribution >= 4 is 44.1 Å². The highest BCUT2D eigenvalue weighted by molar-refractivity contribution is 9.10. The van der Waals surface area contributed by atoms with E-state index in [0.717, 1.165) is 10.9 Å². The Morgan fingerprint density at radius 1 is 1.31 bits per heavy atom. The molecule has 1 aromatic heterocycles. The number of nitro benzene ring substituents is 1. The molecule has 0 radical (unpaired) electrons. The molecule has 0 aliphatic heterocycles. The molecular weight excluding hydrogens is 411 g/mol. The van der Waals surface area contributed by atoms with Gasteiger partial charge in [0.25, 0.3) is 11.2 Å². The molecule has 8 nitrogen and oxygen atoms in total. The van der Waals surface area contributed by atoms with Gasteiger partial charge in [-0.25, -0.2) is 9.37 Å². The number of aromatic nitrogens is 2. The van der Waals surface area contributed by atoms with Crippen molar-refractivity contribution in [2.75, 3.05) is 5.32 Å². The monoisotopic (exact) mass is 420 g/mol. The van der Waals surface area contributed by atoms with Gasteiger partial charge in [-0.2, -0.15) is 0 Å². The van der Waals surface area contributed by atoms with E-state index in [2.05, 4.69) is 26.2 Å². The predicted octanol–water partition coefficient (Wildman–Crippen LogP) is 2.85. The molecule has 1 N–H and O–H groups in total. The lowest BCUT2D eigenvalue weighted by molar-refractivity contribution is -0.384. The third-order valence-electron chi connectivity index (χ3n) is 3.54. The van der Waals surface area contributed by atoms with Gasteiger partial charge in [-0.15, -0.1) is 0 Å². The number of non-ortho nitro benzene ring substituents is 1. The number of rotatable bonds is 4. The maximum atomic E-state index is 13.8. The lowest BCUT2D eigenvalue weighted by Crippen LogP contribution is -2.28. The summed E-state index contributed by atoms with van der Waals surface area (Å²) in [7, 11) is 0. The molecule has 0 aliphatic rings. The lowest BCUT2D eigenvalue weighted by Gasteiger charge is -2.09. The Morgan fingerprint density at radius 2 is 2.08 bits per heavy atom. The predicted molar refractivity (Wildman–Crippen MR) is 95.4 cm³/mol. The first kappa shape index (κ1) is 17.7. The Morgan fingerprint density at radius 3 is 2.77 bits per heavy atom. The number of nitrogens with zero attached hydrogens (tertiary/aromatic N) is 3. The number of halogens is 2. The fraction of sp³-hybridized carbons (Fsp3) is 0.0625. The zero-order valence-electron chi connectivity index (χ0n) is 13.0. The molecule has 26 heavy (non-hydrogen) atoms. The van der Waals surface area contributed by atoms with Crippen molar-refractivity contribution in [2.45, 2.75) is 6.54 Å². The van der Waals surface area contributed by atoms with E-state index in [-0.39, 0.29) is 28.8 Å². The summed E-state index contributed by atoms with van der Waals surface area (Å²) in [5.41, 5.74) is -0.586. The van der Waals surface area contributed by atoms with Crippen LogP contribution in [0.4, 0.5) is 15.8 Å². The number of benzene rings is 2. The number of amides is 1. The highest BCUT2D eigenvalue weighted by atomic mass is 79.9. The Balaban J connectivity index is 1.85. The number of carbonyl (C=O) groups excluding carboxylic acids is 1. The van der Waals surface area contributed by atoms with Gasteiger partial charge in [0.05, 0.1) is 27.8 Å². The third kappa shape index (κ3) is 3.59. The van der Waals surface area contributed by atoms with E-state index in [0.29, 0.717) is 4.47 Å². The summed E-state index contributed by atoms with van der Waals surface area (Å²) >= 11 is 3.11. The molecule has 132 valence electrons. The Hall–Kier alpha value is -3.14. The summed E-state index contributed by atoms with van der Waals surface area (Å²) in [4.78, 5) is 38.6. The highest BCUT2D eigenvalue weighted by Gasteiger charge is 2.13. The SMILES string of the molecule is O=C(Cn1cnc2cc([N+](=O)[O-])ccc2c1=O)Nc1ccc(Br)cc1F. The van der Waals surface area contributed by atoms with Crippen LogP contribution in [0.3, 0.4) is 0 Å². The molecular formula is C16H10BrFN4O4. The molecule has 0 fully saturated rings. The number of anilines is 1. The molecule has 0 saturated heterocycles. The summed E-state index contributed by atoms with van der Waals surface area (Å²) in [6.07, 6.45) is 1.12. The maximum Gasteiger partial charge on any atom is 0.271 e. The van der Waals surface area contributed by atoms with Crippen LogP contribution >= 0.6 is 15.9 Å². The van der Waals surface area contributed by atoms with Gasteiger partial charge >= 0.3 is 0 Å². The van der Waals surface area contributed by atoms with Gasteiger partial charge in [-0.1, -0.05) is 15.9 Å². The van der Waals surface area contributed by atoms with Crippen LogP contribution in [0.1, 0.15) is 0 Å². The summed E-state index contributed by atoms with van der Waals surface area (Å²) in [5, 5.41) is 13.3. The minimum Gasteiger partial charge on any atom is -0.322 e. The van der Waals surface area contributed by atoms with Crippen LogP contribution in [-0.2, 0) is 11.3 Å². The third-order valence-corrected chi connectivity index (χ3v) is 4.03. The first-order chi connectivity index (χ1) is 12.3. The van der Waals surface area contributed by atoms with E-state index in [9.17, 15) is 24.1 Å². The van der Waals surface area contributed by atoms with Crippen LogP contribution in [0, 0.1) is 15.9 Å². The topological polar surface area (TPSA) is 107 Å². The molecule has 3 aromatic rings. The van der Waals surface area contributed by atoms with E-state index in [1.165, 1.54) is 30.3 Å². The zero-order chi connectivity index (χ0) is 18.8. The van der Waals surface area contributed by atoms with E-state index >= 15 is 0 Å². The molecule has 1 heterocycles. The summed E-state index contributed by atoms with van der Waals surface area (Å²) in [6.45, 7) is -0.381. The molecule has 2 aromatic carbocycles. The van der Waals surface area contributed by atoms with Crippen molar-refractivity contribution in [3.8, 4) is 0 Å². The van der Waals surface area contributed by atoms with Crippen molar-refractivity contribution in [1.82, 2.24) is 9.55 Å². The normalized spacial score (nSPS) is 10.7. The van der Waals surface area contributed by atoms with Gasteiger partial charge < -0.3 is 5.32 Å². The number of carbonyl (C=O) groups is 1. The summed E-state index contributed by atoms with van der Waals surface area (Å²) in [5.74, 6) is -1.24. The molecule has 3 rings (SSSR count). The smallest absolute Gasteiger partial charge is 0.271 e. The van der Waals surface area contributed by atoms with Gasteiger partial charge in [0.1, 0.15) is 12.4 Å². The van der Waals surface area contributed by atoms with Crippen molar-refractivity contribution in [3.63, 3.8) is 0 Å². The fourth-order valence-electron chi connectivity index (χ4n) is 2.31. The minimum absolute atomic E-state index is 0.0179. The van der Waals surface area contributed by atoms with Crippen LogP contribution in [0.5, 0.6) is 0 Å². The highest BCUT2D eigenvalue weighted by Crippen LogP contribution is 2.19. The zero-order valence-corrected chi connectivity index (χ0v) is 14.6. The average Bonchev–Trinajstić information content (AvgIpc) is 2.59. The van der Waals surface area contributed by atoms with Gasteiger partial charge in [0.2, 0.25) is 5.91 Å². The second-order valence-electron chi connectivity index (χ2n) is 5.31. The van der Waals surface area contributed by atoms with Crippen LogP contribution in [-0.4, -0.2) is 20.4 Å². The molecule has 0 unspecified atom stereocenters. The van der Waals surface area contributed by atoms with Gasteiger partial charge in [0.15, 0.2) is 0 Å². The van der Waals surface area contributed by atoms with Crippen LogP contribution < -0.4 is 10.9 Å². The van der Waals surface area contributed by atoms with E-state index in [1.54, 1.807) is 6.07 Å². The quantitative estimate of drug-likeness (QED) is 0.515. The van der Waals surface area contributed by atoms with Crippen molar-refractivity contribution in [2.24, 2.45) is 0 Å². The number of nitro groups is 1. The number of fused-ring (bicyclic) bond motifs is 1. The Bertz CT molecular complexity index is 1100. The fourth-order valence-corrected chi connectivity index (χ4v) is 2.64. The molecule has 0 spiro atoms. The van der Waals surface area contributed by atoms with Crippen molar-refractivity contribution in [1.29, 1.82) is 0 Å². The second-order valence-corrected chi connectivity index (χ2v) is 6.22. The van der Waals surface area contributed by atoms with Crippen molar-refractivity contribution < 1.29 is 14.1 Å². The molecule has 1 amide bonds. The standard InChI is InChI=1S/C16H10BrFN4O4/c17-9-1-4-13(12(18)5-9)20-15(23)7-21-8-19-14-6-10(22(25)26)2-3-11(14)16(21)24/h1-6,8H,7H2,(H,20,23). The molecule has 0 bridgehead atoms. The first-order valence-electron chi connectivity index (χ1n) is 7.23. The van der Waals surface area contributed by atoms with Crippen LogP contribution in [0.2, 0.25) is 0 Å². The van der Waals surface area contributed by atoms with Crippen LogP contribution in [0.25, 0.3) is 10.9 Å². The Kier molecular flexibility index (Phi) is 4.76. The van der Waals surface area contributed by atoms with E-state index < -0.39 is 22.2 Å². The Labute approximate surface area is 153 Å². The second kappa shape index (κ2) is 7.00. The summed E-state index contributed by atoms with van der Waals surface area (Å²) in [6, 6.07) is 7.80. The number of nitrogens with one attached hydrogen (secondary N) is 1.